The van der Waals surface area contributed by atoms with E-state index in [0.29, 0.717) is 0 Å². The van der Waals surface area contributed by atoms with E-state index in [1.165, 1.54) is 32.3 Å². The second-order valence-corrected chi connectivity index (χ2v) is 9.79. The van der Waals surface area contributed by atoms with Gasteiger partial charge in [-0.1, -0.05) is 121 Å². The number of hydrogen-bond acceptors (Lipinski definition) is 2. The van der Waals surface area contributed by atoms with E-state index in [-0.39, 0.29) is 0 Å². The van der Waals surface area contributed by atoms with Crippen LogP contribution in [0.1, 0.15) is 0 Å². The molecule has 8 aromatic rings. The summed E-state index contributed by atoms with van der Waals surface area (Å²) >= 11 is 0. The molecule has 0 radical (unpaired) electrons. The molecule has 0 heterocycles. The van der Waals surface area contributed by atoms with Crippen molar-refractivity contribution in [3.8, 4) is 0 Å². The molecular weight excluding hydrogens is 460 g/mol. The van der Waals surface area contributed by atoms with Crippen molar-refractivity contribution in [2.75, 3.05) is 0 Å². The highest BCUT2D eigenvalue weighted by Crippen LogP contribution is 2.33. The zero-order valence-corrected chi connectivity index (χ0v) is 20.6. The molecule has 0 atom stereocenters. The van der Waals surface area contributed by atoms with Crippen LogP contribution >= 0.6 is 0 Å². The van der Waals surface area contributed by atoms with Crippen molar-refractivity contribution in [2.24, 2.45) is 9.98 Å². The maximum atomic E-state index is 5.40. The van der Waals surface area contributed by atoms with Crippen LogP contribution in [0.15, 0.2) is 143 Å². The van der Waals surface area contributed by atoms with Gasteiger partial charge in [0.1, 0.15) is 0 Å². The van der Waals surface area contributed by atoms with E-state index in [4.69, 9.17) is 9.98 Å². The highest BCUT2D eigenvalue weighted by Gasteiger charge is 2.14. The monoisotopic (exact) mass is 482 g/mol. The molecule has 176 valence electrons. The Balaban J connectivity index is 1.63. The molecular formula is C36H22N2. The topological polar surface area (TPSA) is 24.7 Å². The summed E-state index contributed by atoms with van der Waals surface area (Å²) in [5.41, 5.74) is 1.90. The van der Waals surface area contributed by atoms with E-state index >= 15 is 0 Å². The molecule has 0 aliphatic rings. The molecule has 0 amide bonds. The lowest BCUT2D eigenvalue weighted by Crippen LogP contribution is -2.27. The second kappa shape index (κ2) is 8.22. The summed E-state index contributed by atoms with van der Waals surface area (Å²) in [6.07, 6.45) is 0. The fourth-order valence-corrected chi connectivity index (χ4v) is 5.88. The van der Waals surface area contributed by atoms with Crippen molar-refractivity contribution >= 4 is 65.2 Å². The second-order valence-electron chi connectivity index (χ2n) is 9.79. The van der Waals surface area contributed by atoms with Crippen molar-refractivity contribution < 1.29 is 0 Å². The highest BCUT2D eigenvalue weighted by molar-refractivity contribution is 6.22. The zero-order valence-electron chi connectivity index (χ0n) is 20.6. The van der Waals surface area contributed by atoms with Gasteiger partial charge in [-0.25, -0.2) is 9.98 Å². The Hall–Kier alpha value is -5.08. The van der Waals surface area contributed by atoms with E-state index < -0.39 is 0 Å². The maximum Gasteiger partial charge on any atom is 0.0979 e. The summed E-state index contributed by atoms with van der Waals surface area (Å²) in [6.45, 7) is 0. The van der Waals surface area contributed by atoms with E-state index in [1.807, 2.05) is 0 Å². The summed E-state index contributed by atoms with van der Waals surface area (Å²) < 4.78 is 0. The highest BCUT2D eigenvalue weighted by atomic mass is 14.8. The molecule has 0 bridgehead atoms. The fourth-order valence-electron chi connectivity index (χ4n) is 5.88. The Kier molecular flexibility index (Phi) is 4.55. The van der Waals surface area contributed by atoms with Crippen LogP contribution in [-0.4, -0.2) is 0 Å². The first kappa shape index (κ1) is 21.0. The van der Waals surface area contributed by atoms with Gasteiger partial charge in [-0.3, -0.25) is 0 Å². The first-order valence-corrected chi connectivity index (χ1v) is 12.9. The fraction of sp³-hybridized carbons (Fsp3) is 0. The van der Waals surface area contributed by atoms with Crippen molar-refractivity contribution in [3.63, 3.8) is 0 Å². The van der Waals surface area contributed by atoms with Gasteiger partial charge < -0.3 is 0 Å². The van der Waals surface area contributed by atoms with E-state index in [2.05, 4.69) is 133 Å². The van der Waals surface area contributed by atoms with Crippen LogP contribution in [0.5, 0.6) is 0 Å². The normalized spacial score (nSPS) is 13.1. The van der Waals surface area contributed by atoms with Crippen LogP contribution in [0.4, 0.5) is 11.4 Å². The van der Waals surface area contributed by atoms with Crippen LogP contribution in [0.3, 0.4) is 0 Å². The van der Waals surface area contributed by atoms with E-state index in [1.54, 1.807) is 0 Å². The lowest BCUT2D eigenvalue weighted by molar-refractivity contribution is 1.28. The molecule has 0 spiro atoms. The van der Waals surface area contributed by atoms with E-state index in [0.717, 1.165) is 43.6 Å². The number of hydrogen-bond donors (Lipinski definition) is 0. The number of fused-ring (bicyclic) bond motifs is 2. The Labute approximate surface area is 219 Å². The minimum Gasteiger partial charge on any atom is -0.245 e. The van der Waals surface area contributed by atoms with Crippen molar-refractivity contribution in [1.82, 2.24) is 0 Å². The Bertz CT molecular complexity index is 2120. The third-order valence-corrected chi connectivity index (χ3v) is 7.62. The third-order valence-electron chi connectivity index (χ3n) is 7.62. The molecule has 0 aliphatic heterocycles. The lowest BCUT2D eigenvalue weighted by Gasteiger charge is -2.12. The zero-order chi connectivity index (χ0) is 25.1. The molecule has 0 saturated carbocycles. The van der Waals surface area contributed by atoms with Gasteiger partial charge >= 0.3 is 0 Å². The first-order valence-electron chi connectivity index (χ1n) is 12.9. The smallest absolute Gasteiger partial charge is 0.0979 e. The number of rotatable bonds is 2. The van der Waals surface area contributed by atoms with Crippen LogP contribution in [0, 0.1) is 0 Å². The molecule has 38 heavy (non-hydrogen) atoms. The van der Waals surface area contributed by atoms with Gasteiger partial charge in [0.05, 0.1) is 22.1 Å². The van der Waals surface area contributed by atoms with Gasteiger partial charge in [0.2, 0.25) is 0 Å². The average molecular weight is 483 g/mol. The van der Waals surface area contributed by atoms with Crippen LogP contribution < -0.4 is 10.7 Å². The SMILES string of the molecule is c1ccc2c(N=c3c(=Nc4cccc5ccccc45)c4cccc5ccc6cccc3c6c54)cccc2c1. The van der Waals surface area contributed by atoms with Gasteiger partial charge in [0.15, 0.2) is 0 Å². The Morgan fingerprint density at radius 3 is 1.16 bits per heavy atom. The minimum absolute atomic E-state index is 0.908. The van der Waals surface area contributed by atoms with Gasteiger partial charge in [0, 0.05) is 21.5 Å². The average Bonchev–Trinajstić information content (AvgIpc) is 2.98. The summed E-state index contributed by atoms with van der Waals surface area (Å²) in [6, 6.07) is 47.0. The van der Waals surface area contributed by atoms with Crippen LogP contribution in [0.25, 0.3) is 53.9 Å². The number of benzene rings is 8. The molecule has 2 heteroatoms. The van der Waals surface area contributed by atoms with Gasteiger partial charge in [0.25, 0.3) is 0 Å². The molecule has 0 unspecified atom stereocenters. The molecule has 8 rings (SSSR count). The summed E-state index contributed by atoms with van der Waals surface area (Å²) in [7, 11) is 0. The van der Waals surface area contributed by atoms with Gasteiger partial charge in [-0.05, 0) is 44.5 Å². The maximum absolute atomic E-state index is 5.40. The number of nitrogens with zero attached hydrogens (tertiary/aromatic N) is 2. The van der Waals surface area contributed by atoms with Crippen molar-refractivity contribution in [3.05, 3.63) is 144 Å². The van der Waals surface area contributed by atoms with Crippen molar-refractivity contribution in [1.29, 1.82) is 0 Å². The Morgan fingerprint density at radius 2 is 0.658 bits per heavy atom. The molecule has 0 aromatic heterocycles. The van der Waals surface area contributed by atoms with Gasteiger partial charge in [-0.2, -0.15) is 0 Å². The first-order chi connectivity index (χ1) is 18.8. The molecule has 0 fully saturated rings. The minimum atomic E-state index is 0.908. The predicted molar refractivity (Wildman–Crippen MR) is 160 cm³/mol. The lowest BCUT2D eigenvalue weighted by atomic mass is 9.93. The van der Waals surface area contributed by atoms with Crippen LogP contribution in [0.2, 0.25) is 0 Å². The quantitative estimate of drug-likeness (QED) is 0.220. The molecule has 0 N–H and O–H groups in total. The Morgan fingerprint density at radius 1 is 0.289 bits per heavy atom. The van der Waals surface area contributed by atoms with Crippen LogP contribution in [-0.2, 0) is 0 Å². The summed E-state index contributed by atoms with van der Waals surface area (Å²) in [4.78, 5) is 10.8. The largest absolute Gasteiger partial charge is 0.245 e. The van der Waals surface area contributed by atoms with Crippen molar-refractivity contribution in [2.45, 2.75) is 0 Å². The van der Waals surface area contributed by atoms with E-state index in [9.17, 15) is 0 Å². The summed E-state index contributed by atoms with van der Waals surface area (Å²) in [5.74, 6) is 0. The van der Waals surface area contributed by atoms with Gasteiger partial charge in [-0.15, -0.1) is 0 Å². The third kappa shape index (κ3) is 3.14. The molecule has 0 saturated heterocycles. The standard InChI is InChI=1S/C36H22N2/c1-3-15-27-23(9-1)11-7-19-31(27)37-35-29-17-5-13-25-21-22-26-14-6-18-30(34(26)33(25)29)36(35)38-32-20-8-12-24-10-2-4-16-28(24)32/h1-22H. The molecule has 0 aliphatic carbocycles. The predicted octanol–water partition coefficient (Wildman–Crippen LogP) is 8.79. The molecule has 8 aromatic carbocycles. The summed E-state index contributed by atoms with van der Waals surface area (Å²) in [5, 5.41) is 13.6. The molecule has 2 nitrogen and oxygen atoms in total.